The van der Waals surface area contributed by atoms with Crippen LogP contribution in [0.5, 0.6) is 0 Å². The monoisotopic (exact) mass is 226 g/mol. The Labute approximate surface area is 92.1 Å². The van der Waals surface area contributed by atoms with E-state index in [4.69, 9.17) is 0 Å². The molecule has 1 aromatic rings. The second-order valence-electron chi connectivity index (χ2n) is 4.35. The summed E-state index contributed by atoms with van der Waals surface area (Å²) in [5.74, 6) is 0.635. The average molecular weight is 226 g/mol. The number of halogens is 2. The summed E-state index contributed by atoms with van der Waals surface area (Å²) < 4.78 is 26.9. The molecule has 0 radical (unpaired) electrons. The van der Waals surface area contributed by atoms with Gasteiger partial charge in [-0.15, -0.1) is 11.8 Å². The van der Waals surface area contributed by atoms with Crippen molar-refractivity contribution >= 4 is 11.8 Å². The maximum Gasteiger partial charge on any atom is 0.163 e. The molecule has 0 nitrogen and oxygen atoms in total. The predicted molar refractivity (Wildman–Crippen MR) is 57.2 cm³/mol. The summed E-state index contributed by atoms with van der Waals surface area (Å²) in [7, 11) is 0. The molecule has 15 heavy (non-hydrogen) atoms. The number of benzene rings is 1. The van der Waals surface area contributed by atoms with Gasteiger partial charge in [-0.3, -0.25) is 0 Å². The highest BCUT2D eigenvalue weighted by atomic mass is 32.2. The van der Waals surface area contributed by atoms with E-state index < -0.39 is 11.6 Å². The van der Waals surface area contributed by atoms with Crippen LogP contribution in [0.2, 0.25) is 0 Å². The molecule has 2 aliphatic rings. The molecule has 1 atom stereocenters. The molecular weight excluding hydrogens is 214 g/mol. The van der Waals surface area contributed by atoms with E-state index in [0.717, 1.165) is 17.1 Å². The van der Waals surface area contributed by atoms with Gasteiger partial charge in [-0.25, -0.2) is 8.78 Å². The molecule has 3 rings (SSSR count). The Balaban J connectivity index is 2.10. The number of rotatable bonds is 1. The summed E-state index contributed by atoms with van der Waals surface area (Å²) in [5.41, 5.74) is 0.661. The molecule has 3 heteroatoms. The van der Waals surface area contributed by atoms with E-state index in [9.17, 15) is 8.78 Å². The minimum Gasteiger partial charge on any atom is -0.204 e. The van der Waals surface area contributed by atoms with Gasteiger partial charge in [0.15, 0.2) is 11.6 Å². The molecular formula is C12H12F2S. The van der Waals surface area contributed by atoms with Gasteiger partial charge in [0.1, 0.15) is 0 Å². The summed E-state index contributed by atoms with van der Waals surface area (Å²) in [4.78, 5) is 0.956. The lowest BCUT2D eigenvalue weighted by atomic mass is 9.90. The average Bonchev–Trinajstić information content (AvgIpc) is 3.06. The predicted octanol–water partition coefficient (Wildman–Crippen LogP) is 3.95. The highest BCUT2D eigenvalue weighted by Crippen LogP contribution is 2.51. The minimum atomic E-state index is -0.693. The molecule has 1 unspecified atom stereocenters. The Morgan fingerprint density at radius 1 is 1.13 bits per heavy atom. The molecule has 1 fully saturated rings. The van der Waals surface area contributed by atoms with Gasteiger partial charge in [0.2, 0.25) is 0 Å². The molecule has 1 saturated carbocycles. The molecule has 80 valence electrons. The summed E-state index contributed by atoms with van der Waals surface area (Å²) >= 11 is 1.65. The molecule has 1 aliphatic heterocycles. The van der Waals surface area contributed by atoms with Gasteiger partial charge in [0.05, 0.1) is 0 Å². The quantitative estimate of drug-likeness (QED) is 0.698. The standard InChI is InChI=1S/C12H12F2S/c13-9-3-4-10-11(12(9)14)8(5-6-15-10)7-1-2-7/h3-4,7-8H,1-2,5-6H2. The first kappa shape index (κ1) is 9.64. The summed E-state index contributed by atoms with van der Waals surface area (Å²) in [5, 5.41) is 0. The van der Waals surface area contributed by atoms with E-state index in [1.165, 1.54) is 18.9 Å². The van der Waals surface area contributed by atoms with Crippen LogP contribution in [0.4, 0.5) is 8.78 Å². The molecule has 0 bridgehead atoms. The van der Waals surface area contributed by atoms with Crippen molar-refractivity contribution in [2.24, 2.45) is 5.92 Å². The van der Waals surface area contributed by atoms with Gasteiger partial charge in [-0.2, -0.15) is 0 Å². The Bertz CT molecular complexity index is 399. The van der Waals surface area contributed by atoms with Crippen LogP contribution in [0.25, 0.3) is 0 Å². The lowest BCUT2D eigenvalue weighted by Gasteiger charge is -2.25. The summed E-state index contributed by atoms with van der Waals surface area (Å²) in [6.45, 7) is 0. The van der Waals surface area contributed by atoms with Crippen LogP contribution in [-0.2, 0) is 0 Å². The van der Waals surface area contributed by atoms with Crippen LogP contribution in [0.3, 0.4) is 0 Å². The molecule has 0 amide bonds. The van der Waals surface area contributed by atoms with Crippen molar-refractivity contribution in [3.8, 4) is 0 Å². The van der Waals surface area contributed by atoms with Gasteiger partial charge in [-0.1, -0.05) is 0 Å². The van der Waals surface area contributed by atoms with Gasteiger partial charge < -0.3 is 0 Å². The molecule has 1 aliphatic carbocycles. The highest BCUT2D eigenvalue weighted by molar-refractivity contribution is 7.99. The van der Waals surface area contributed by atoms with Crippen molar-refractivity contribution in [2.45, 2.75) is 30.1 Å². The van der Waals surface area contributed by atoms with Crippen molar-refractivity contribution in [2.75, 3.05) is 5.75 Å². The normalized spacial score (nSPS) is 25.1. The lowest BCUT2D eigenvalue weighted by molar-refractivity contribution is 0.463. The van der Waals surface area contributed by atoms with Gasteiger partial charge in [-0.05, 0) is 49.0 Å². The molecule has 1 aromatic carbocycles. The van der Waals surface area contributed by atoms with E-state index in [0.29, 0.717) is 11.5 Å². The van der Waals surface area contributed by atoms with Gasteiger partial charge in [0, 0.05) is 10.5 Å². The molecule has 1 heterocycles. The zero-order valence-corrected chi connectivity index (χ0v) is 9.12. The van der Waals surface area contributed by atoms with Crippen molar-refractivity contribution in [3.05, 3.63) is 29.3 Å². The third kappa shape index (κ3) is 1.57. The molecule has 0 spiro atoms. The zero-order valence-electron chi connectivity index (χ0n) is 8.30. The van der Waals surface area contributed by atoms with Crippen molar-refractivity contribution in [1.29, 1.82) is 0 Å². The summed E-state index contributed by atoms with van der Waals surface area (Å²) in [6.07, 6.45) is 3.37. The second kappa shape index (κ2) is 3.48. The SMILES string of the molecule is Fc1ccc2c(c1F)C(C1CC1)CCS2. The number of thioether (sulfide) groups is 1. The summed E-state index contributed by atoms with van der Waals surface area (Å²) in [6, 6.07) is 2.98. The first-order chi connectivity index (χ1) is 7.27. The Kier molecular flexibility index (Phi) is 2.23. The van der Waals surface area contributed by atoms with E-state index in [2.05, 4.69) is 0 Å². The van der Waals surface area contributed by atoms with E-state index >= 15 is 0 Å². The molecule has 0 aromatic heterocycles. The largest absolute Gasteiger partial charge is 0.204 e. The van der Waals surface area contributed by atoms with Crippen LogP contribution < -0.4 is 0 Å². The maximum absolute atomic E-state index is 13.7. The smallest absolute Gasteiger partial charge is 0.163 e. The Hall–Kier alpha value is -0.570. The first-order valence-electron chi connectivity index (χ1n) is 5.38. The topological polar surface area (TPSA) is 0 Å². The fraction of sp³-hybridized carbons (Fsp3) is 0.500. The van der Waals surface area contributed by atoms with Crippen LogP contribution >= 0.6 is 11.8 Å². The number of hydrogen-bond donors (Lipinski definition) is 0. The third-order valence-electron chi connectivity index (χ3n) is 3.34. The fourth-order valence-corrected chi connectivity index (χ4v) is 3.58. The van der Waals surface area contributed by atoms with Crippen LogP contribution in [0.15, 0.2) is 17.0 Å². The first-order valence-corrected chi connectivity index (χ1v) is 6.36. The fourth-order valence-electron chi connectivity index (χ4n) is 2.43. The van der Waals surface area contributed by atoms with Crippen LogP contribution in [0, 0.1) is 17.6 Å². The minimum absolute atomic E-state index is 0.275. The van der Waals surface area contributed by atoms with Crippen LogP contribution in [-0.4, -0.2) is 5.75 Å². The molecule has 0 saturated heterocycles. The lowest BCUT2D eigenvalue weighted by Crippen LogP contribution is -2.12. The Morgan fingerprint density at radius 3 is 2.67 bits per heavy atom. The maximum atomic E-state index is 13.7. The van der Waals surface area contributed by atoms with Crippen molar-refractivity contribution < 1.29 is 8.78 Å². The van der Waals surface area contributed by atoms with E-state index in [-0.39, 0.29) is 5.92 Å². The molecule has 0 N–H and O–H groups in total. The van der Waals surface area contributed by atoms with Crippen molar-refractivity contribution in [1.82, 2.24) is 0 Å². The van der Waals surface area contributed by atoms with Crippen molar-refractivity contribution in [3.63, 3.8) is 0 Å². The van der Waals surface area contributed by atoms with Gasteiger partial charge in [0.25, 0.3) is 0 Å². The number of hydrogen-bond acceptors (Lipinski definition) is 1. The zero-order chi connectivity index (χ0) is 10.4. The van der Waals surface area contributed by atoms with Crippen LogP contribution in [0.1, 0.15) is 30.7 Å². The Morgan fingerprint density at radius 2 is 1.93 bits per heavy atom. The van der Waals surface area contributed by atoms with E-state index in [1.807, 2.05) is 0 Å². The second-order valence-corrected chi connectivity index (χ2v) is 5.49. The highest BCUT2D eigenvalue weighted by Gasteiger charge is 2.37. The third-order valence-corrected chi connectivity index (χ3v) is 4.45. The van der Waals surface area contributed by atoms with E-state index in [1.54, 1.807) is 17.8 Å². The van der Waals surface area contributed by atoms with Gasteiger partial charge >= 0.3 is 0 Å². The number of fused-ring (bicyclic) bond motifs is 1.